The molecule has 0 radical (unpaired) electrons. The van der Waals surface area contributed by atoms with Crippen molar-refractivity contribution in [1.29, 1.82) is 0 Å². The predicted octanol–water partition coefficient (Wildman–Crippen LogP) is 10.2. The molecule has 4 aromatic carbocycles. The van der Waals surface area contributed by atoms with Gasteiger partial charge in [-0.1, -0.05) is 122 Å². The van der Waals surface area contributed by atoms with Gasteiger partial charge in [-0.2, -0.15) is 0 Å². The van der Waals surface area contributed by atoms with Crippen LogP contribution in [0.2, 0.25) is 0 Å². The second kappa shape index (κ2) is 9.40. The third-order valence-corrected chi connectivity index (χ3v) is 9.60. The molecule has 0 N–H and O–H groups in total. The lowest BCUT2D eigenvalue weighted by molar-refractivity contribution is 0.119. The molecule has 0 spiro atoms. The molecule has 0 saturated heterocycles. The fraction of sp³-hybridized carbons (Fsp3) is 0.333. The van der Waals surface area contributed by atoms with Gasteiger partial charge in [0.25, 0.3) is 0 Å². The normalized spacial score (nSPS) is 26.8. The van der Waals surface area contributed by atoms with E-state index in [1.54, 1.807) is 5.57 Å². The van der Waals surface area contributed by atoms with Crippen molar-refractivity contribution in [2.45, 2.75) is 51.4 Å². The van der Waals surface area contributed by atoms with Crippen molar-refractivity contribution < 1.29 is 0 Å². The third kappa shape index (κ3) is 3.65. The quantitative estimate of drug-likeness (QED) is 0.225. The molecule has 2 saturated carbocycles. The van der Waals surface area contributed by atoms with E-state index in [2.05, 4.69) is 97.1 Å². The highest BCUT2D eigenvalue weighted by Gasteiger charge is 2.43. The van der Waals surface area contributed by atoms with Gasteiger partial charge in [0.1, 0.15) is 0 Å². The average molecular weight is 469 g/mol. The molecule has 4 aromatic rings. The summed E-state index contributed by atoms with van der Waals surface area (Å²) in [4.78, 5) is 0. The van der Waals surface area contributed by atoms with Gasteiger partial charge in [0.2, 0.25) is 0 Å². The highest BCUT2D eigenvalue weighted by atomic mass is 14.5. The number of hydrogen-bond donors (Lipinski definition) is 0. The van der Waals surface area contributed by atoms with Crippen molar-refractivity contribution in [3.63, 3.8) is 0 Å². The summed E-state index contributed by atoms with van der Waals surface area (Å²) in [5, 5.41) is 8.04. The van der Waals surface area contributed by atoms with Crippen molar-refractivity contribution >= 4 is 32.3 Å². The molecule has 0 nitrogen and oxygen atoms in total. The first-order valence-corrected chi connectivity index (χ1v) is 14.3. The molecule has 2 fully saturated rings. The van der Waals surface area contributed by atoms with Crippen LogP contribution in [-0.4, -0.2) is 0 Å². The van der Waals surface area contributed by atoms with E-state index in [4.69, 9.17) is 0 Å². The van der Waals surface area contributed by atoms with Gasteiger partial charge in [0.05, 0.1) is 0 Å². The maximum Gasteiger partial charge on any atom is 0.00518 e. The number of rotatable bonds is 0. The van der Waals surface area contributed by atoms with Gasteiger partial charge in [-0.3, -0.25) is 0 Å². The lowest BCUT2D eigenvalue weighted by Gasteiger charge is -2.49. The fourth-order valence-electron chi connectivity index (χ4n) is 8.11. The number of allylic oxidation sites excluding steroid dienone is 6. The minimum absolute atomic E-state index is 0.782. The molecule has 4 aliphatic carbocycles. The summed E-state index contributed by atoms with van der Waals surface area (Å²) in [5.41, 5.74) is 3.61. The summed E-state index contributed by atoms with van der Waals surface area (Å²) in [7, 11) is 0. The topological polar surface area (TPSA) is 0 Å². The number of hydrogen-bond acceptors (Lipinski definition) is 0. The zero-order valence-corrected chi connectivity index (χ0v) is 21.2. The van der Waals surface area contributed by atoms with E-state index in [0.29, 0.717) is 0 Å². The van der Waals surface area contributed by atoms with E-state index in [-0.39, 0.29) is 0 Å². The van der Waals surface area contributed by atoms with E-state index >= 15 is 0 Å². The molecule has 0 aliphatic heterocycles. The van der Waals surface area contributed by atoms with Crippen molar-refractivity contribution in [2.75, 3.05) is 0 Å². The van der Waals surface area contributed by atoms with Crippen LogP contribution in [0.3, 0.4) is 0 Å². The summed E-state index contributed by atoms with van der Waals surface area (Å²) in [6, 6.07) is 26.0. The minimum atomic E-state index is 0.782. The first kappa shape index (κ1) is 22.1. The molecule has 180 valence electrons. The van der Waals surface area contributed by atoms with E-state index in [0.717, 1.165) is 23.7 Å². The van der Waals surface area contributed by atoms with Gasteiger partial charge in [-0.05, 0) is 87.7 Å². The SMILES string of the molecule is C1=CC2=C3CCCCC3C3CCCCC3C2C=C1.c1ccc2c(c1)c1ccccc1c1ccccc21. The summed E-state index contributed by atoms with van der Waals surface area (Å²) >= 11 is 0. The first-order chi connectivity index (χ1) is 17.9. The maximum absolute atomic E-state index is 2.51. The second-order valence-electron chi connectivity index (χ2n) is 11.4. The molecule has 0 heterocycles. The van der Waals surface area contributed by atoms with E-state index in [9.17, 15) is 0 Å². The van der Waals surface area contributed by atoms with Crippen molar-refractivity contribution in [3.8, 4) is 0 Å². The summed E-state index contributed by atoms with van der Waals surface area (Å²) in [6.07, 6.45) is 21.3. The molecule has 0 aromatic heterocycles. The van der Waals surface area contributed by atoms with Gasteiger partial charge < -0.3 is 0 Å². The van der Waals surface area contributed by atoms with E-state index < -0.39 is 0 Å². The first-order valence-electron chi connectivity index (χ1n) is 14.3. The average Bonchev–Trinajstić information content (AvgIpc) is 2.98. The molecule has 4 unspecified atom stereocenters. The Morgan fingerprint density at radius 1 is 0.500 bits per heavy atom. The Morgan fingerprint density at radius 2 is 1.00 bits per heavy atom. The van der Waals surface area contributed by atoms with Crippen LogP contribution in [0.25, 0.3) is 32.3 Å². The highest BCUT2D eigenvalue weighted by Crippen LogP contribution is 2.54. The van der Waals surface area contributed by atoms with E-state index in [1.165, 1.54) is 83.7 Å². The summed E-state index contributed by atoms with van der Waals surface area (Å²) < 4.78 is 0. The molecular formula is C36H36. The monoisotopic (exact) mass is 468 g/mol. The Balaban J connectivity index is 0.000000122. The van der Waals surface area contributed by atoms with Crippen LogP contribution in [0.1, 0.15) is 51.4 Å². The lowest BCUT2D eigenvalue weighted by Crippen LogP contribution is -2.39. The van der Waals surface area contributed by atoms with E-state index in [1.807, 2.05) is 5.57 Å². The standard InChI is InChI=1S/C18H24.C18H12/c2*1-2-8-14-13(7-1)15-9-3-4-11-17(15)18-12-6-5-10-16(14)18/h1-2,7-8,13,15,17-18H,3-6,9-12H2;1-12H. The molecule has 8 rings (SSSR count). The molecule has 4 aliphatic rings. The maximum atomic E-state index is 2.51. The molecule has 36 heavy (non-hydrogen) atoms. The molecule has 0 heteroatoms. The van der Waals surface area contributed by atoms with Crippen molar-refractivity contribution in [3.05, 3.63) is 108 Å². The lowest BCUT2D eigenvalue weighted by atomic mass is 9.56. The Labute approximate surface area is 215 Å². The van der Waals surface area contributed by atoms with Crippen LogP contribution in [0, 0.1) is 23.7 Å². The van der Waals surface area contributed by atoms with Crippen LogP contribution in [0.5, 0.6) is 0 Å². The van der Waals surface area contributed by atoms with Gasteiger partial charge in [-0.15, -0.1) is 0 Å². The highest BCUT2D eigenvalue weighted by molar-refractivity contribution is 6.25. The molecule has 4 atom stereocenters. The van der Waals surface area contributed by atoms with Crippen molar-refractivity contribution in [2.24, 2.45) is 23.7 Å². The van der Waals surface area contributed by atoms with Gasteiger partial charge in [0.15, 0.2) is 0 Å². The third-order valence-electron chi connectivity index (χ3n) is 9.60. The Bertz CT molecular complexity index is 1290. The predicted molar refractivity (Wildman–Crippen MR) is 155 cm³/mol. The zero-order chi connectivity index (χ0) is 23.9. The largest absolute Gasteiger partial charge is 0.0767 e. The number of benzene rings is 4. The zero-order valence-electron chi connectivity index (χ0n) is 21.2. The summed E-state index contributed by atoms with van der Waals surface area (Å²) in [5.74, 6) is 3.75. The van der Waals surface area contributed by atoms with Crippen molar-refractivity contribution in [1.82, 2.24) is 0 Å². The smallest absolute Gasteiger partial charge is 0.00518 e. The van der Waals surface area contributed by atoms with Crippen LogP contribution < -0.4 is 0 Å². The van der Waals surface area contributed by atoms with Crippen LogP contribution >= 0.6 is 0 Å². The number of fused-ring (bicyclic) bond motifs is 11. The molecule has 0 amide bonds. The van der Waals surface area contributed by atoms with Crippen LogP contribution in [0.15, 0.2) is 108 Å². The van der Waals surface area contributed by atoms with Gasteiger partial charge in [-0.25, -0.2) is 0 Å². The molecular weight excluding hydrogens is 432 g/mol. The Kier molecular flexibility index (Phi) is 5.77. The van der Waals surface area contributed by atoms with Crippen LogP contribution in [-0.2, 0) is 0 Å². The van der Waals surface area contributed by atoms with Crippen LogP contribution in [0.4, 0.5) is 0 Å². The minimum Gasteiger partial charge on any atom is -0.0767 e. The molecule has 0 bridgehead atoms. The second-order valence-corrected chi connectivity index (χ2v) is 11.4. The summed E-state index contributed by atoms with van der Waals surface area (Å²) in [6.45, 7) is 0. The van der Waals surface area contributed by atoms with Gasteiger partial charge in [0, 0.05) is 5.92 Å². The Morgan fingerprint density at radius 3 is 1.56 bits per heavy atom. The Hall–Kier alpha value is -3.12. The van der Waals surface area contributed by atoms with Gasteiger partial charge >= 0.3 is 0 Å². The fourth-order valence-corrected chi connectivity index (χ4v) is 8.11.